The third-order valence-electron chi connectivity index (χ3n) is 4.53. The summed E-state index contributed by atoms with van der Waals surface area (Å²) in [5, 5.41) is 5.92. The molecule has 1 amide bonds. The molecule has 0 radical (unpaired) electrons. The minimum absolute atomic E-state index is 0.0255. The van der Waals surface area contributed by atoms with Crippen LogP contribution in [0.25, 0.3) is 11.0 Å². The number of H-pyrrole nitrogens is 1. The maximum Gasteiger partial charge on any atom is 0.220 e. The summed E-state index contributed by atoms with van der Waals surface area (Å²) in [5.74, 6) is 0.800. The number of alkyl halides is 1. The van der Waals surface area contributed by atoms with Gasteiger partial charge in [-0.1, -0.05) is 6.07 Å². The lowest BCUT2D eigenvalue weighted by molar-refractivity contribution is -0.121. The van der Waals surface area contributed by atoms with Crippen molar-refractivity contribution in [1.82, 2.24) is 20.6 Å². The van der Waals surface area contributed by atoms with Gasteiger partial charge in [0.2, 0.25) is 5.91 Å². The van der Waals surface area contributed by atoms with Gasteiger partial charge in [0.25, 0.3) is 0 Å². The molecule has 2 heterocycles. The molecule has 1 fully saturated rings. The Morgan fingerprint density at radius 2 is 2.26 bits per heavy atom. The lowest BCUT2D eigenvalue weighted by Crippen LogP contribution is -2.37. The Labute approximate surface area is 135 Å². The molecule has 2 aromatic rings. The van der Waals surface area contributed by atoms with Crippen LogP contribution in [0.2, 0.25) is 0 Å². The van der Waals surface area contributed by atoms with Crippen molar-refractivity contribution < 1.29 is 9.18 Å². The van der Waals surface area contributed by atoms with Crippen molar-refractivity contribution in [2.75, 3.05) is 13.1 Å². The van der Waals surface area contributed by atoms with E-state index in [-0.39, 0.29) is 11.9 Å². The summed E-state index contributed by atoms with van der Waals surface area (Å²) in [7, 11) is 0. The van der Waals surface area contributed by atoms with E-state index >= 15 is 0 Å². The first-order valence-electron chi connectivity index (χ1n) is 8.12. The van der Waals surface area contributed by atoms with E-state index in [9.17, 15) is 9.18 Å². The molecule has 2 atom stereocenters. The van der Waals surface area contributed by atoms with Crippen molar-refractivity contribution in [3.8, 4) is 0 Å². The molecule has 3 rings (SSSR count). The summed E-state index contributed by atoms with van der Waals surface area (Å²) in [4.78, 5) is 19.8. The van der Waals surface area contributed by atoms with Crippen LogP contribution >= 0.6 is 0 Å². The van der Waals surface area contributed by atoms with Crippen LogP contribution in [-0.2, 0) is 11.2 Å². The van der Waals surface area contributed by atoms with Gasteiger partial charge in [0, 0.05) is 32.0 Å². The fourth-order valence-corrected chi connectivity index (χ4v) is 2.97. The number of aromatic amines is 1. The van der Waals surface area contributed by atoms with Gasteiger partial charge in [-0.2, -0.15) is 0 Å². The monoisotopic (exact) mass is 318 g/mol. The fraction of sp³-hybridized carbons (Fsp3) is 0.529. The molecule has 0 bridgehead atoms. The predicted molar refractivity (Wildman–Crippen MR) is 88.2 cm³/mol. The smallest absolute Gasteiger partial charge is 0.220 e. The summed E-state index contributed by atoms with van der Waals surface area (Å²) < 4.78 is 13.0. The molecule has 5 nitrogen and oxygen atoms in total. The summed E-state index contributed by atoms with van der Waals surface area (Å²) in [6, 6.07) is 4.14. The van der Waals surface area contributed by atoms with Gasteiger partial charge in [0.05, 0.1) is 11.0 Å². The van der Waals surface area contributed by atoms with Crippen LogP contribution in [0.1, 0.15) is 29.8 Å². The fourth-order valence-electron chi connectivity index (χ4n) is 2.97. The summed E-state index contributed by atoms with van der Waals surface area (Å²) in [5.41, 5.74) is 4.36. The molecule has 6 heteroatoms. The second kappa shape index (κ2) is 6.66. The maximum absolute atomic E-state index is 13.0. The largest absolute Gasteiger partial charge is 0.355 e. The van der Waals surface area contributed by atoms with E-state index in [1.165, 1.54) is 11.1 Å². The number of carbonyl (C=O) groups excluding carboxylic acids is 1. The first kappa shape index (κ1) is 15.9. The van der Waals surface area contributed by atoms with E-state index < -0.39 is 6.17 Å². The van der Waals surface area contributed by atoms with Crippen molar-refractivity contribution in [1.29, 1.82) is 0 Å². The molecule has 1 saturated heterocycles. The van der Waals surface area contributed by atoms with Crippen LogP contribution in [0.5, 0.6) is 0 Å². The first-order valence-corrected chi connectivity index (χ1v) is 8.12. The molecule has 1 aromatic heterocycles. The molecule has 0 spiro atoms. The molecule has 1 aliphatic rings. The van der Waals surface area contributed by atoms with Crippen LogP contribution in [0.15, 0.2) is 12.1 Å². The van der Waals surface area contributed by atoms with E-state index in [0.29, 0.717) is 32.4 Å². The molecule has 0 aliphatic carbocycles. The average molecular weight is 318 g/mol. The minimum atomic E-state index is -0.792. The highest BCUT2D eigenvalue weighted by atomic mass is 19.1. The van der Waals surface area contributed by atoms with Gasteiger partial charge in [-0.3, -0.25) is 4.79 Å². The van der Waals surface area contributed by atoms with Gasteiger partial charge < -0.3 is 15.6 Å². The van der Waals surface area contributed by atoms with E-state index in [0.717, 1.165) is 16.9 Å². The lowest BCUT2D eigenvalue weighted by Gasteiger charge is -2.10. The van der Waals surface area contributed by atoms with E-state index in [2.05, 4.69) is 40.5 Å². The zero-order chi connectivity index (χ0) is 16.4. The number of aryl methyl sites for hydroxylation is 3. The van der Waals surface area contributed by atoms with Crippen LogP contribution in [0, 0.1) is 13.8 Å². The Morgan fingerprint density at radius 1 is 1.43 bits per heavy atom. The summed E-state index contributed by atoms with van der Waals surface area (Å²) in [6.07, 6.45) is 0.633. The predicted octanol–water partition coefficient (Wildman–Crippen LogP) is 1.93. The standard InChI is InChI=1S/C17H23FN4O/c1-10-3-4-14-17(11(10)2)22-15(21-14)5-6-16(23)20-9-13-7-12(18)8-19-13/h3-4,12-13,19H,5-9H2,1-2H3,(H,20,23)(H,21,22)/t12-,13-/m0/s1. The number of halogens is 1. The highest BCUT2D eigenvalue weighted by Crippen LogP contribution is 2.19. The Balaban J connectivity index is 1.52. The molecule has 23 heavy (non-hydrogen) atoms. The second-order valence-electron chi connectivity index (χ2n) is 6.33. The number of fused-ring (bicyclic) bond motifs is 1. The molecule has 3 N–H and O–H groups in total. The number of carbonyl (C=O) groups is 1. The van der Waals surface area contributed by atoms with Crippen molar-refractivity contribution in [3.05, 3.63) is 29.1 Å². The van der Waals surface area contributed by atoms with Gasteiger partial charge in [0.15, 0.2) is 0 Å². The SMILES string of the molecule is Cc1ccc2[nH]c(CCC(=O)NC[C@@H]3C[C@H](F)CN3)nc2c1C. The van der Waals surface area contributed by atoms with Crippen LogP contribution in [0.3, 0.4) is 0 Å². The first-order chi connectivity index (χ1) is 11.0. The number of hydrogen-bond donors (Lipinski definition) is 3. The number of benzene rings is 1. The highest BCUT2D eigenvalue weighted by molar-refractivity contribution is 5.80. The molecule has 1 aromatic carbocycles. The van der Waals surface area contributed by atoms with E-state index in [1.807, 2.05) is 6.07 Å². The summed E-state index contributed by atoms with van der Waals surface area (Å²) >= 11 is 0. The molecule has 1 aliphatic heterocycles. The molecular formula is C17H23FN4O. The molecule has 124 valence electrons. The summed E-state index contributed by atoms with van der Waals surface area (Å²) in [6.45, 7) is 4.99. The van der Waals surface area contributed by atoms with Gasteiger partial charge >= 0.3 is 0 Å². The number of amides is 1. The van der Waals surface area contributed by atoms with Crippen LogP contribution < -0.4 is 10.6 Å². The Bertz CT molecular complexity index is 712. The molecule has 0 saturated carbocycles. The zero-order valence-electron chi connectivity index (χ0n) is 13.6. The maximum atomic E-state index is 13.0. The second-order valence-corrected chi connectivity index (χ2v) is 6.33. The molecule has 0 unspecified atom stereocenters. The van der Waals surface area contributed by atoms with Gasteiger partial charge in [0.1, 0.15) is 12.0 Å². The minimum Gasteiger partial charge on any atom is -0.355 e. The van der Waals surface area contributed by atoms with Crippen molar-refractivity contribution in [2.45, 2.75) is 45.3 Å². The van der Waals surface area contributed by atoms with E-state index in [4.69, 9.17) is 0 Å². The van der Waals surface area contributed by atoms with Crippen molar-refractivity contribution in [3.63, 3.8) is 0 Å². The molecular weight excluding hydrogens is 295 g/mol. The third-order valence-corrected chi connectivity index (χ3v) is 4.53. The Kier molecular flexibility index (Phi) is 4.61. The van der Waals surface area contributed by atoms with Crippen LogP contribution in [0.4, 0.5) is 4.39 Å². The van der Waals surface area contributed by atoms with E-state index in [1.54, 1.807) is 0 Å². The van der Waals surface area contributed by atoms with Crippen molar-refractivity contribution >= 4 is 16.9 Å². The third kappa shape index (κ3) is 3.69. The zero-order valence-corrected chi connectivity index (χ0v) is 13.6. The number of imidazole rings is 1. The Morgan fingerprint density at radius 3 is 3.00 bits per heavy atom. The quantitative estimate of drug-likeness (QED) is 0.789. The normalized spacial score (nSPS) is 21.0. The van der Waals surface area contributed by atoms with Crippen LogP contribution in [-0.4, -0.2) is 41.2 Å². The van der Waals surface area contributed by atoms with Gasteiger partial charge in [-0.25, -0.2) is 9.37 Å². The average Bonchev–Trinajstić information content (AvgIpc) is 3.13. The topological polar surface area (TPSA) is 69.8 Å². The van der Waals surface area contributed by atoms with Gasteiger partial charge in [-0.05, 0) is 37.5 Å². The number of rotatable bonds is 5. The number of nitrogens with one attached hydrogen (secondary N) is 3. The van der Waals surface area contributed by atoms with Crippen molar-refractivity contribution in [2.24, 2.45) is 0 Å². The number of nitrogens with zero attached hydrogens (tertiary/aromatic N) is 1. The lowest BCUT2D eigenvalue weighted by atomic mass is 10.1. The highest BCUT2D eigenvalue weighted by Gasteiger charge is 2.23. The number of aromatic nitrogens is 2. The Hall–Kier alpha value is -1.95. The van der Waals surface area contributed by atoms with Gasteiger partial charge in [-0.15, -0.1) is 0 Å². The number of hydrogen-bond acceptors (Lipinski definition) is 3.